The second-order valence-electron chi connectivity index (χ2n) is 8.49. The maximum atomic E-state index is 11.7. The molecule has 1 amide bonds. The number of carbonyl (C=O) groups is 1. The van der Waals surface area contributed by atoms with Gasteiger partial charge in [-0.15, -0.1) is 11.3 Å². The molecular weight excluding hydrogens is 494 g/mol. The van der Waals surface area contributed by atoms with Crippen molar-refractivity contribution >= 4 is 29.0 Å². The maximum Gasteiger partial charge on any atom is 0.221 e. The van der Waals surface area contributed by atoms with E-state index in [1.54, 1.807) is 29.4 Å². The van der Waals surface area contributed by atoms with Gasteiger partial charge in [-0.05, 0) is 43.7 Å². The molecule has 0 aliphatic carbocycles. The van der Waals surface area contributed by atoms with Crippen LogP contribution in [0.1, 0.15) is 36.8 Å². The molecule has 1 fully saturated rings. The molecule has 1 atom stereocenters. The van der Waals surface area contributed by atoms with E-state index in [9.17, 15) is 4.79 Å². The molecule has 1 aromatic carbocycles. The van der Waals surface area contributed by atoms with Gasteiger partial charge in [-0.2, -0.15) is 4.98 Å². The van der Waals surface area contributed by atoms with Crippen molar-refractivity contribution in [2.75, 3.05) is 44.4 Å². The average molecular weight is 528 g/mol. The van der Waals surface area contributed by atoms with Crippen molar-refractivity contribution in [1.29, 1.82) is 0 Å². The van der Waals surface area contributed by atoms with E-state index in [-0.39, 0.29) is 11.9 Å². The van der Waals surface area contributed by atoms with Gasteiger partial charge in [-0.1, -0.05) is 0 Å². The zero-order valence-electron chi connectivity index (χ0n) is 21.4. The van der Waals surface area contributed by atoms with E-state index < -0.39 is 6.29 Å². The topological polar surface area (TPSA) is 135 Å². The minimum atomic E-state index is -0.440. The molecule has 37 heavy (non-hydrogen) atoms. The van der Waals surface area contributed by atoms with E-state index in [4.69, 9.17) is 30.4 Å². The number of hydrogen-bond acceptors (Lipinski definition) is 10. The Kier molecular flexibility index (Phi) is 8.80. The molecule has 1 aliphatic heterocycles. The average Bonchev–Trinajstić information content (AvgIpc) is 3.33. The summed E-state index contributed by atoms with van der Waals surface area (Å²) in [6, 6.07) is 8.06. The number of ether oxygens (including phenoxy) is 4. The van der Waals surface area contributed by atoms with E-state index in [0.717, 1.165) is 37.9 Å². The number of morpholine rings is 1. The second kappa shape index (κ2) is 12.2. The molecule has 4 N–H and O–H groups in total. The molecular formula is C26H33N5O5S. The third-order valence-corrected chi connectivity index (χ3v) is 6.91. The van der Waals surface area contributed by atoms with E-state index in [1.165, 1.54) is 0 Å². The van der Waals surface area contributed by atoms with Gasteiger partial charge in [0.25, 0.3) is 0 Å². The Morgan fingerprint density at radius 3 is 2.57 bits per heavy atom. The van der Waals surface area contributed by atoms with Crippen LogP contribution in [0.2, 0.25) is 0 Å². The van der Waals surface area contributed by atoms with Crippen LogP contribution in [-0.2, 0) is 27.3 Å². The van der Waals surface area contributed by atoms with Crippen LogP contribution in [0.3, 0.4) is 0 Å². The number of carbonyl (C=O) groups excluding carboxylic acids is 1. The van der Waals surface area contributed by atoms with Crippen LogP contribution >= 0.6 is 11.3 Å². The number of thiophene rings is 1. The van der Waals surface area contributed by atoms with Gasteiger partial charge in [0.1, 0.15) is 17.3 Å². The van der Waals surface area contributed by atoms with Gasteiger partial charge in [0.2, 0.25) is 11.9 Å². The molecule has 4 rings (SSSR count). The fraction of sp³-hybridized carbons (Fsp3) is 0.423. The van der Waals surface area contributed by atoms with Gasteiger partial charge in [-0.25, -0.2) is 4.98 Å². The first-order valence-corrected chi connectivity index (χ1v) is 13.1. The first-order chi connectivity index (χ1) is 17.9. The predicted octanol–water partition coefficient (Wildman–Crippen LogP) is 3.48. The summed E-state index contributed by atoms with van der Waals surface area (Å²) >= 11 is 1.60. The lowest BCUT2D eigenvalue weighted by atomic mass is 10.0. The number of nitrogens with two attached hydrogens (primary N) is 2. The van der Waals surface area contributed by atoms with Crippen molar-refractivity contribution in [1.82, 2.24) is 14.9 Å². The maximum absolute atomic E-state index is 11.7. The van der Waals surface area contributed by atoms with E-state index in [0.29, 0.717) is 51.8 Å². The fourth-order valence-electron chi connectivity index (χ4n) is 4.09. The lowest BCUT2D eigenvalue weighted by Crippen LogP contribution is -2.45. The fourth-order valence-corrected chi connectivity index (χ4v) is 5.07. The zero-order valence-corrected chi connectivity index (χ0v) is 22.2. The number of rotatable bonds is 10. The molecule has 3 aromatic rings. The van der Waals surface area contributed by atoms with Gasteiger partial charge in [0, 0.05) is 41.4 Å². The predicted molar refractivity (Wildman–Crippen MR) is 143 cm³/mol. The van der Waals surface area contributed by atoms with Crippen molar-refractivity contribution in [3.05, 3.63) is 46.5 Å². The Balaban J connectivity index is 1.57. The largest absolute Gasteiger partial charge is 0.493 e. The van der Waals surface area contributed by atoms with Crippen LogP contribution < -0.4 is 20.9 Å². The summed E-state index contributed by atoms with van der Waals surface area (Å²) in [5.74, 6) is 1.96. The molecule has 3 heterocycles. The number of aromatic nitrogens is 2. The third kappa shape index (κ3) is 6.68. The van der Waals surface area contributed by atoms with E-state index >= 15 is 0 Å². The minimum absolute atomic E-state index is 0.0253. The highest BCUT2D eigenvalue weighted by molar-refractivity contribution is 7.15. The molecule has 0 radical (unpaired) electrons. The number of anilines is 2. The lowest BCUT2D eigenvalue weighted by Gasteiger charge is -2.31. The van der Waals surface area contributed by atoms with Crippen molar-refractivity contribution in [2.45, 2.75) is 40.1 Å². The van der Waals surface area contributed by atoms with Crippen LogP contribution in [0.15, 0.2) is 30.5 Å². The lowest BCUT2D eigenvalue weighted by molar-refractivity contribution is -0.188. The van der Waals surface area contributed by atoms with Gasteiger partial charge < -0.3 is 35.3 Å². The summed E-state index contributed by atoms with van der Waals surface area (Å²) in [4.78, 5) is 23.6. The SMILES string of the molecule is CCOc1cc(Cc2cnc(N)nc2N)cc(OCC)c1-c1ccc(COC2CN(C(C)=O)CCO2)s1. The Labute approximate surface area is 220 Å². The smallest absolute Gasteiger partial charge is 0.221 e. The van der Waals surface area contributed by atoms with E-state index in [2.05, 4.69) is 9.97 Å². The van der Waals surface area contributed by atoms with Gasteiger partial charge in [0.05, 0.1) is 38.5 Å². The summed E-state index contributed by atoms with van der Waals surface area (Å²) in [7, 11) is 0. The first-order valence-electron chi connectivity index (χ1n) is 12.2. The van der Waals surface area contributed by atoms with Crippen LogP contribution in [0, 0.1) is 0 Å². The zero-order chi connectivity index (χ0) is 26.4. The standard InChI is InChI=1S/C26H33N5O5S/c1-4-33-20-11-17(10-18-13-29-26(28)30-25(18)27)12-21(34-5-2)24(20)22-7-6-19(37-22)15-36-23-14-31(16(3)32)8-9-35-23/h6-7,11-13,23H,4-5,8-10,14-15H2,1-3H3,(H4,27,28,29,30). The molecule has 2 aromatic heterocycles. The summed E-state index contributed by atoms with van der Waals surface area (Å²) in [5.41, 5.74) is 14.3. The molecule has 1 saturated heterocycles. The van der Waals surface area contributed by atoms with Crippen LogP contribution in [0.4, 0.5) is 11.8 Å². The monoisotopic (exact) mass is 527 g/mol. The van der Waals surface area contributed by atoms with Gasteiger partial charge in [-0.3, -0.25) is 4.79 Å². The summed E-state index contributed by atoms with van der Waals surface area (Å²) in [6.45, 7) is 8.33. The molecule has 0 saturated carbocycles. The number of benzene rings is 1. The number of hydrogen-bond donors (Lipinski definition) is 2. The Morgan fingerprint density at radius 2 is 1.92 bits per heavy atom. The summed E-state index contributed by atoms with van der Waals surface area (Å²) in [5, 5.41) is 0. The molecule has 11 heteroatoms. The van der Waals surface area contributed by atoms with Gasteiger partial charge >= 0.3 is 0 Å². The highest BCUT2D eigenvalue weighted by atomic mass is 32.1. The first kappa shape index (κ1) is 26.6. The van der Waals surface area contributed by atoms with Gasteiger partial charge in [0.15, 0.2) is 6.29 Å². The number of nitrogens with zero attached hydrogens (tertiary/aromatic N) is 3. The van der Waals surface area contributed by atoms with E-state index in [1.807, 2.05) is 38.1 Å². The van der Waals surface area contributed by atoms with Crippen molar-refractivity contribution in [2.24, 2.45) is 0 Å². The normalized spacial score (nSPS) is 15.5. The molecule has 10 nitrogen and oxygen atoms in total. The Hall–Kier alpha value is -3.41. The highest BCUT2D eigenvalue weighted by Gasteiger charge is 2.23. The van der Waals surface area contributed by atoms with Crippen LogP contribution in [0.5, 0.6) is 11.5 Å². The van der Waals surface area contributed by atoms with Crippen LogP contribution in [0.25, 0.3) is 10.4 Å². The molecule has 0 bridgehead atoms. The summed E-state index contributed by atoms with van der Waals surface area (Å²) < 4.78 is 23.8. The molecule has 0 spiro atoms. The third-order valence-electron chi connectivity index (χ3n) is 5.84. The highest BCUT2D eigenvalue weighted by Crippen LogP contribution is 2.43. The number of nitrogen functional groups attached to an aromatic ring is 2. The number of amides is 1. The Bertz CT molecular complexity index is 1210. The quantitative estimate of drug-likeness (QED) is 0.406. The van der Waals surface area contributed by atoms with Crippen LogP contribution in [-0.4, -0.2) is 60.0 Å². The van der Waals surface area contributed by atoms with Crippen molar-refractivity contribution in [3.63, 3.8) is 0 Å². The molecule has 1 aliphatic rings. The second-order valence-corrected chi connectivity index (χ2v) is 9.66. The molecule has 1 unspecified atom stereocenters. The molecule has 198 valence electrons. The Morgan fingerprint density at radius 1 is 1.19 bits per heavy atom. The minimum Gasteiger partial charge on any atom is -0.493 e. The van der Waals surface area contributed by atoms with Crippen molar-refractivity contribution < 1.29 is 23.7 Å². The van der Waals surface area contributed by atoms with Crippen molar-refractivity contribution in [3.8, 4) is 21.9 Å². The summed E-state index contributed by atoms with van der Waals surface area (Å²) in [6.07, 6.45) is 1.71.